The van der Waals surface area contributed by atoms with Crippen molar-refractivity contribution in [2.45, 2.75) is 58.3 Å². The molecule has 1 fully saturated rings. The maximum atomic E-state index is 3.55. The fourth-order valence-corrected chi connectivity index (χ4v) is 3.38. The number of nitrogens with zero attached hydrogens (tertiary/aromatic N) is 1. The van der Waals surface area contributed by atoms with Gasteiger partial charge in [0.05, 0.1) is 0 Å². The zero-order chi connectivity index (χ0) is 14.9. The Morgan fingerprint density at radius 2 is 1.67 bits per heavy atom. The molecule has 1 aromatic carbocycles. The van der Waals surface area contributed by atoms with E-state index in [0.717, 1.165) is 25.6 Å². The van der Waals surface area contributed by atoms with Gasteiger partial charge in [0.25, 0.3) is 0 Å². The minimum atomic E-state index is 0.815. The van der Waals surface area contributed by atoms with Crippen molar-refractivity contribution in [2.24, 2.45) is 0 Å². The van der Waals surface area contributed by atoms with Crippen molar-refractivity contribution in [1.29, 1.82) is 0 Å². The number of benzene rings is 1. The first-order valence-electron chi connectivity index (χ1n) is 8.89. The number of nitrogens with one attached hydrogen (secondary N) is 1. The molecular weight excluding hydrogens is 256 g/mol. The lowest BCUT2D eigenvalue weighted by atomic mass is 9.84. The SMILES string of the molecule is CCN(CC)CCCNc1ccc(C2CCCCC2)cc1. The van der Waals surface area contributed by atoms with Crippen LogP contribution in [0.15, 0.2) is 24.3 Å². The molecule has 0 bridgehead atoms. The maximum Gasteiger partial charge on any atom is 0.0340 e. The number of hydrogen-bond donors (Lipinski definition) is 1. The van der Waals surface area contributed by atoms with Gasteiger partial charge < -0.3 is 10.2 Å². The van der Waals surface area contributed by atoms with Crippen molar-refractivity contribution < 1.29 is 0 Å². The van der Waals surface area contributed by atoms with E-state index in [4.69, 9.17) is 0 Å². The molecule has 0 aliphatic heterocycles. The van der Waals surface area contributed by atoms with Crippen LogP contribution in [0.25, 0.3) is 0 Å². The summed E-state index contributed by atoms with van der Waals surface area (Å²) in [5, 5.41) is 3.55. The van der Waals surface area contributed by atoms with Crippen LogP contribution >= 0.6 is 0 Å². The minimum Gasteiger partial charge on any atom is -0.385 e. The van der Waals surface area contributed by atoms with Gasteiger partial charge in [-0.1, -0.05) is 45.2 Å². The van der Waals surface area contributed by atoms with Crippen LogP contribution < -0.4 is 5.32 Å². The van der Waals surface area contributed by atoms with Gasteiger partial charge in [0, 0.05) is 12.2 Å². The second-order valence-electron chi connectivity index (χ2n) is 6.26. The topological polar surface area (TPSA) is 15.3 Å². The molecule has 1 N–H and O–H groups in total. The Morgan fingerprint density at radius 3 is 2.29 bits per heavy atom. The van der Waals surface area contributed by atoms with Crippen LogP contribution in [0.3, 0.4) is 0 Å². The lowest BCUT2D eigenvalue weighted by Gasteiger charge is -2.22. The third-order valence-corrected chi connectivity index (χ3v) is 4.86. The van der Waals surface area contributed by atoms with Gasteiger partial charge in [-0.15, -0.1) is 0 Å². The van der Waals surface area contributed by atoms with Gasteiger partial charge >= 0.3 is 0 Å². The minimum absolute atomic E-state index is 0.815. The highest BCUT2D eigenvalue weighted by molar-refractivity contribution is 5.45. The summed E-state index contributed by atoms with van der Waals surface area (Å²) in [6.45, 7) is 9.06. The van der Waals surface area contributed by atoms with Crippen molar-refractivity contribution in [3.63, 3.8) is 0 Å². The Bertz CT molecular complexity index is 375. The Balaban J connectivity index is 1.72. The highest BCUT2D eigenvalue weighted by Gasteiger charge is 2.14. The summed E-state index contributed by atoms with van der Waals surface area (Å²) in [4.78, 5) is 2.48. The summed E-state index contributed by atoms with van der Waals surface area (Å²) in [5.74, 6) is 0.815. The van der Waals surface area contributed by atoms with Crippen LogP contribution in [0, 0.1) is 0 Å². The first-order valence-corrected chi connectivity index (χ1v) is 8.89. The molecule has 21 heavy (non-hydrogen) atoms. The molecule has 2 nitrogen and oxygen atoms in total. The van der Waals surface area contributed by atoms with Crippen LogP contribution in [0.2, 0.25) is 0 Å². The molecule has 0 atom stereocenters. The number of anilines is 1. The molecule has 118 valence electrons. The van der Waals surface area contributed by atoms with Crippen LogP contribution in [-0.4, -0.2) is 31.1 Å². The average molecular weight is 288 g/mol. The second-order valence-corrected chi connectivity index (χ2v) is 6.26. The molecule has 2 rings (SSSR count). The van der Waals surface area contributed by atoms with Crippen LogP contribution in [0.4, 0.5) is 5.69 Å². The molecule has 0 radical (unpaired) electrons. The molecule has 1 aliphatic carbocycles. The quantitative estimate of drug-likeness (QED) is 0.686. The third-order valence-electron chi connectivity index (χ3n) is 4.86. The largest absolute Gasteiger partial charge is 0.385 e. The average Bonchev–Trinajstić information content (AvgIpc) is 2.56. The molecular formula is C19H32N2. The third kappa shape index (κ3) is 5.35. The molecule has 0 unspecified atom stereocenters. The zero-order valence-corrected chi connectivity index (χ0v) is 13.9. The van der Waals surface area contributed by atoms with Crippen molar-refractivity contribution >= 4 is 5.69 Å². The van der Waals surface area contributed by atoms with E-state index in [0.29, 0.717) is 0 Å². The smallest absolute Gasteiger partial charge is 0.0340 e. The van der Waals surface area contributed by atoms with Gasteiger partial charge in [-0.25, -0.2) is 0 Å². The van der Waals surface area contributed by atoms with E-state index in [9.17, 15) is 0 Å². The van der Waals surface area contributed by atoms with E-state index in [1.807, 2.05) is 0 Å². The number of hydrogen-bond acceptors (Lipinski definition) is 2. The Morgan fingerprint density at radius 1 is 1.00 bits per heavy atom. The fourth-order valence-electron chi connectivity index (χ4n) is 3.38. The molecule has 0 amide bonds. The summed E-state index contributed by atoms with van der Waals surface area (Å²) in [7, 11) is 0. The van der Waals surface area contributed by atoms with E-state index in [1.54, 1.807) is 5.56 Å². The van der Waals surface area contributed by atoms with Gasteiger partial charge in [-0.3, -0.25) is 0 Å². The lowest BCUT2D eigenvalue weighted by molar-refractivity contribution is 0.303. The summed E-state index contributed by atoms with van der Waals surface area (Å²) in [6, 6.07) is 9.20. The van der Waals surface area contributed by atoms with Crippen molar-refractivity contribution in [2.75, 3.05) is 31.5 Å². The Kier molecular flexibility index (Phi) is 7.08. The van der Waals surface area contributed by atoms with E-state index in [2.05, 4.69) is 48.3 Å². The van der Waals surface area contributed by atoms with E-state index in [-0.39, 0.29) is 0 Å². The predicted octanol–water partition coefficient (Wildman–Crippen LogP) is 4.88. The maximum absolute atomic E-state index is 3.55. The van der Waals surface area contributed by atoms with Crippen LogP contribution in [0.1, 0.15) is 63.9 Å². The normalized spacial score (nSPS) is 16.3. The van der Waals surface area contributed by atoms with Crippen LogP contribution in [-0.2, 0) is 0 Å². The molecule has 1 aromatic rings. The Hall–Kier alpha value is -1.02. The predicted molar refractivity (Wildman–Crippen MR) is 93.2 cm³/mol. The van der Waals surface area contributed by atoms with E-state index in [1.165, 1.54) is 50.8 Å². The first-order chi connectivity index (χ1) is 10.3. The van der Waals surface area contributed by atoms with Crippen molar-refractivity contribution in [3.8, 4) is 0 Å². The molecule has 1 saturated carbocycles. The number of rotatable bonds is 8. The molecule has 1 aliphatic rings. The van der Waals surface area contributed by atoms with Crippen molar-refractivity contribution in [1.82, 2.24) is 4.90 Å². The molecule has 2 heteroatoms. The fraction of sp³-hybridized carbons (Fsp3) is 0.684. The standard InChI is InChI=1S/C19H32N2/c1-3-21(4-2)16-8-15-20-19-13-11-18(12-14-19)17-9-6-5-7-10-17/h11-14,17,20H,3-10,15-16H2,1-2H3. The van der Waals surface area contributed by atoms with Gasteiger partial charge in [0.15, 0.2) is 0 Å². The monoisotopic (exact) mass is 288 g/mol. The van der Waals surface area contributed by atoms with Gasteiger partial charge in [0.1, 0.15) is 0 Å². The summed E-state index contributed by atoms with van der Waals surface area (Å²) in [5.41, 5.74) is 2.82. The zero-order valence-electron chi connectivity index (χ0n) is 13.9. The second kappa shape index (κ2) is 9.09. The lowest BCUT2D eigenvalue weighted by Crippen LogP contribution is -2.25. The van der Waals surface area contributed by atoms with E-state index >= 15 is 0 Å². The molecule has 0 saturated heterocycles. The highest BCUT2D eigenvalue weighted by atomic mass is 15.1. The van der Waals surface area contributed by atoms with E-state index < -0.39 is 0 Å². The Labute approximate surface area is 130 Å². The van der Waals surface area contributed by atoms with Gasteiger partial charge in [0.2, 0.25) is 0 Å². The summed E-state index contributed by atoms with van der Waals surface area (Å²) < 4.78 is 0. The van der Waals surface area contributed by atoms with Crippen LogP contribution in [0.5, 0.6) is 0 Å². The summed E-state index contributed by atoms with van der Waals surface area (Å²) in [6.07, 6.45) is 8.24. The highest BCUT2D eigenvalue weighted by Crippen LogP contribution is 2.32. The molecule has 0 spiro atoms. The molecule has 0 heterocycles. The summed E-state index contributed by atoms with van der Waals surface area (Å²) >= 11 is 0. The van der Waals surface area contributed by atoms with Gasteiger partial charge in [-0.05, 0) is 62.5 Å². The van der Waals surface area contributed by atoms with Crippen molar-refractivity contribution in [3.05, 3.63) is 29.8 Å². The van der Waals surface area contributed by atoms with Gasteiger partial charge in [-0.2, -0.15) is 0 Å². The first kappa shape index (κ1) is 16.4. The molecule has 0 aromatic heterocycles.